The molecule has 7 nitrogen and oxygen atoms in total. The number of nitrogens with two attached hydrogens (primary N) is 1. The molecule has 0 aromatic carbocycles. The molecule has 1 unspecified atom stereocenters. The fourth-order valence-corrected chi connectivity index (χ4v) is 1.49. The molecule has 0 rings (SSSR count). The number of unbranched alkanes of at least 4 members (excludes halogenated alkanes) is 2. The molecule has 1 amide bonds. The van der Waals surface area contributed by atoms with Crippen LogP contribution in [0.4, 0.5) is 0 Å². The van der Waals surface area contributed by atoms with E-state index in [2.05, 4.69) is 10.1 Å². The maximum Gasteiger partial charge on any atom is 0.326 e. The monoisotopic (exact) mass is 274 g/mol. The van der Waals surface area contributed by atoms with Gasteiger partial charge in [0, 0.05) is 12.8 Å². The molecule has 0 aliphatic rings. The first kappa shape index (κ1) is 17.4. The van der Waals surface area contributed by atoms with E-state index in [9.17, 15) is 14.4 Å². The van der Waals surface area contributed by atoms with Crippen LogP contribution in [0.5, 0.6) is 0 Å². The van der Waals surface area contributed by atoms with Crippen LogP contribution in [0.3, 0.4) is 0 Å². The highest BCUT2D eigenvalue weighted by atomic mass is 16.5. The Balaban J connectivity index is 4.01. The number of hydrogen-bond donors (Lipinski definition) is 3. The zero-order chi connectivity index (χ0) is 14.7. The molecule has 0 saturated heterocycles. The van der Waals surface area contributed by atoms with Gasteiger partial charge in [0.05, 0.1) is 7.11 Å². The van der Waals surface area contributed by atoms with Gasteiger partial charge in [0.1, 0.15) is 6.04 Å². The fraction of sp³-hybridized carbons (Fsp3) is 0.750. The SMILES string of the molecule is COC(=O)CCC(NC(=O)CCCCCN)C(=O)O. The molecule has 0 heterocycles. The van der Waals surface area contributed by atoms with Crippen LogP contribution in [0.25, 0.3) is 0 Å². The third-order valence-corrected chi connectivity index (χ3v) is 2.61. The third-order valence-electron chi connectivity index (χ3n) is 2.61. The number of ether oxygens (including phenoxy) is 1. The van der Waals surface area contributed by atoms with E-state index in [1.54, 1.807) is 0 Å². The van der Waals surface area contributed by atoms with Crippen LogP contribution in [0.2, 0.25) is 0 Å². The van der Waals surface area contributed by atoms with Gasteiger partial charge in [-0.05, 0) is 25.8 Å². The van der Waals surface area contributed by atoms with Gasteiger partial charge in [0.2, 0.25) is 5.91 Å². The third kappa shape index (κ3) is 9.01. The lowest BCUT2D eigenvalue weighted by Gasteiger charge is -2.13. The lowest BCUT2D eigenvalue weighted by atomic mass is 10.1. The highest BCUT2D eigenvalue weighted by Gasteiger charge is 2.20. The fourth-order valence-electron chi connectivity index (χ4n) is 1.49. The average molecular weight is 274 g/mol. The predicted octanol–water partition coefficient (Wildman–Crippen LogP) is 0.0281. The first-order valence-corrected chi connectivity index (χ1v) is 6.30. The van der Waals surface area contributed by atoms with Crippen LogP contribution < -0.4 is 11.1 Å². The van der Waals surface area contributed by atoms with Crippen molar-refractivity contribution in [3.8, 4) is 0 Å². The summed E-state index contributed by atoms with van der Waals surface area (Å²) in [6.45, 7) is 0.582. The lowest BCUT2D eigenvalue weighted by molar-refractivity contribution is -0.144. The summed E-state index contributed by atoms with van der Waals surface area (Å²) in [7, 11) is 1.23. The van der Waals surface area contributed by atoms with E-state index in [1.807, 2.05) is 0 Å². The highest BCUT2D eigenvalue weighted by molar-refractivity contribution is 5.83. The second-order valence-electron chi connectivity index (χ2n) is 4.17. The summed E-state index contributed by atoms with van der Waals surface area (Å²) < 4.78 is 4.42. The Morgan fingerprint density at radius 2 is 1.89 bits per heavy atom. The Bertz CT molecular complexity index is 306. The van der Waals surface area contributed by atoms with Gasteiger partial charge < -0.3 is 20.9 Å². The summed E-state index contributed by atoms with van der Waals surface area (Å²) in [4.78, 5) is 33.4. The molecule has 7 heteroatoms. The van der Waals surface area contributed by atoms with E-state index >= 15 is 0 Å². The van der Waals surface area contributed by atoms with E-state index in [0.29, 0.717) is 13.0 Å². The smallest absolute Gasteiger partial charge is 0.326 e. The van der Waals surface area contributed by atoms with E-state index < -0.39 is 18.0 Å². The molecule has 0 bridgehead atoms. The molecule has 0 aromatic heterocycles. The minimum atomic E-state index is -1.15. The van der Waals surface area contributed by atoms with Crippen LogP contribution >= 0.6 is 0 Å². The van der Waals surface area contributed by atoms with E-state index in [0.717, 1.165) is 12.8 Å². The van der Waals surface area contributed by atoms with Crippen molar-refractivity contribution in [2.75, 3.05) is 13.7 Å². The Hall–Kier alpha value is -1.63. The van der Waals surface area contributed by atoms with E-state index in [-0.39, 0.29) is 25.2 Å². The number of esters is 1. The number of nitrogens with one attached hydrogen (secondary N) is 1. The lowest BCUT2D eigenvalue weighted by Crippen LogP contribution is -2.41. The van der Waals surface area contributed by atoms with Crippen LogP contribution in [0.15, 0.2) is 0 Å². The zero-order valence-corrected chi connectivity index (χ0v) is 11.2. The van der Waals surface area contributed by atoms with Crippen molar-refractivity contribution in [2.24, 2.45) is 5.73 Å². The van der Waals surface area contributed by atoms with Crippen molar-refractivity contribution in [3.63, 3.8) is 0 Å². The molecule has 1 atom stereocenters. The van der Waals surface area contributed by atoms with Crippen molar-refractivity contribution in [1.29, 1.82) is 0 Å². The molecule has 0 radical (unpaired) electrons. The summed E-state index contributed by atoms with van der Waals surface area (Å²) in [5.74, 6) is -1.98. The number of carbonyl (C=O) groups is 3. The predicted molar refractivity (Wildman–Crippen MR) is 68.3 cm³/mol. The standard InChI is InChI=1S/C12H22N2O5/c1-19-11(16)7-6-9(12(17)18)14-10(15)5-3-2-4-8-13/h9H,2-8,13H2,1H3,(H,14,15)(H,17,18). The maximum absolute atomic E-state index is 11.5. The molecular formula is C12H22N2O5. The van der Waals surface area contributed by atoms with Gasteiger partial charge >= 0.3 is 11.9 Å². The Labute approximate surface area is 112 Å². The molecule has 0 fully saturated rings. The number of carbonyl (C=O) groups excluding carboxylic acids is 2. The Morgan fingerprint density at radius 3 is 2.42 bits per heavy atom. The largest absolute Gasteiger partial charge is 0.480 e. The van der Waals surface area contributed by atoms with Gasteiger partial charge in [0.25, 0.3) is 0 Å². The van der Waals surface area contributed by atoms with Crippen molar-refractivity contribution >= 4 is 17.8 Å². The summed E-state index contributed by atoms with van der Waals surface area (Å²) >= 11 is 0. The minimum Gasteiger partial charge on any atom is -0.480 e. The quantitative estimate of drug-likeness (QED) is 0.382. The van der Waals surface area contributed by atoms with Crippen LogP contribution in [0, 0.1) is 0 Å². The first-order chi connectivity index (χ1) is 9.01. The normalized spacial score (nSPS) is 11.7. The molecule has 110 valence electrons. The number of amides is 1. The summed E-state index contributed by atoms with van der Waals surface area (Å²) in [6, 6.07) is -1.05. The van der Waals surface area contributed by atoms with Gasteiger partial charge in [-0.25, -0.2) is 4.79 Å². The minimum absolute atomic E-state index is 0.0244. The molecule has 0 aliphatic heterocycles. The summed E-state index contributed by atoms with van der Waals surface area (Å²) in [6.07, 6.45) is 2.60. The van der Waals surface area contributed by atoms with Crippen molar-refractivity contribution in [1.82, 2.24) is 5.32 Å². The van der Waals surface area contributed by atoms with Gasteiger partial charge in [-0.15, -0.1) is 0 Å². The summed E-state index contributed by atoms with van der Waals surface area (Å²) in [5.41, 5.74) is 5.32. The Kier molecular flexibility index (Phi) is 9.42. The van der Waals surface area contributed by atoms with Crippen molar-refractivity contribution in [3.05, 3.63) is 0 Å². The number of rotatable bonds is 10. The molecule has 0 saturated carbocycles. The van der Waals surface area contributed by atoms with Gasteiger partial charge in [-0.1, -0.05) is 6.42 Å². The number of aliphatic carboxylic acids is 1. The molecular weight excluding hydrogens is 252 g/mol. The van der Waals surface area contributed by atoms with E-state index in [1.165, 1.54) is 7.11 Å². The topological polar surface area (TPSA) is 119 Å². The summed E-state index contributed by atoms with van der Waals surface area (Å²) in [5, 5.41) is 11.3. The second kappa shape index (κ2) is 10.3. The van der Waals surface area contributed by atoms with Crippen molar-refractivity contribution in [2.45, 2.75) is 44.6 Å². The number of hydrogen-bond acceptors (Lipinski definition) is 5. The molecule has 0 spiro atoms. The number of methoxy groups -OCH3 is 1. The zero-order valence-electron chi connectivity index (χ0n) is 11.2. The maximum atomic E-state index is 11.5. The van der Waals surface area contributed by atoms with Crippen LogP contribution in [-0.4, -0.2) is 42.6 Å². The molecule has 4 N–H and O–H groups in total. The van der Waals surface area contributed by atoms with Gasteiger partial charge in [-0.3, -0.25) is 9.59 Å². The first-order valence-electron chi connectivity index (χ1n) is 6.30. The van der Waals surface area contributed by atoms with E-state index in [4.69, 9.17) is 10.8 Å². The van der Waals surface area contributed by atoms with Crippen molar-refractivity contribution < 1.29 is 24.2 Å². The average Bonchev–Trinajstić information content (AvgIpc) is 2.38. The molecule has 0 aromatic rings. The van der Waals surface area contributed by atoms with Crippen LogP contribution in [-0.2, 0) is 19.1 Å². The Morgan fingerprint density at radius 1 is 1.21 bits per heavy atom. The number of carboxylic acids is 1. The highest BCUT2D eigenvalue weighted by Crippen LogP contribution is 2.03. The van der Waals surface area contributed by atoms with Crippen LogP contribution in [0.1, 0.15) is 38.5 Å². The van der Waals surface area contributed by atoms with Gasteiger partial charge in [-0.2, -0.15) is 0 Å². The second-order valence-corrected chi connectivity index (χ2v) is 4.17. The number of carboxylic acid groups (broad SMARTS) is 1. The molecule has 19 heavy (non-hydrogen) atoms. The van der Waals surface area contributed by atoms with Gasteiger partial charge in [0.15, 0.2) is 0 Å². The molecule has 0 aliphatic carbocycles.